The first-order chi connectivity index (χ1) is 17.8. The lowest BCUT2D eigenvalue weighted by molar-refractivity contribution is -0.170. The van der Waals surface area contributed by atoms with Crippen molar-refractivity contribution < 1.29 is 29.0 Å². The summed E-state index contributed by atoms with van der Waals surface area (Å²) in [5, 5.41) is 10.1. The van der Waals surface area contributed by atoms with E-state index in [4.69, 9.17) is 37.8 Å². The third-order valence-corrected chi connectivity index (χ3v) is 7.38. The van der Waals surface area contributed by atoms with Crippen LogP contribution in [0.25, 0.3) is 0 Å². The van der Waals surface area contributed by atoms with Gasteiger partial charge in [0, 0.05) is 36.0 Å². The molecular formula is C27H30Cl2N2O6. The minimum atomic E-state index is -1.31. The molecule has 0 radical (unpaired) electrons. The van der Waals surface area contributed by atoms with E-state index in [0.717, 1.165) is 11.1 Å². The smallest absolute Gasteiger partial charge is 0.450 e. The third-order valence-electron chi connectivity index (χ3n) is 6.87. The van der Waals surface area contributed by atoms with Crippen molar-refractivity contribution in [3.05, 3.63) is 69.7 Å². The number of piperidine rings is 1. The van der Waals surface area contributed by atoms with E-state index in [1.807, 2.05) is 31.2 Å². The van der Waals surface area contributed by atoms with Gasteiger partial charge >= 0.3 is 6.16 Å². The molecule has 1 N–H and O–H groups in total. The normalized spacial score (nSPS) is 21.5. The molecule has 37 heavy (non-hydrogen) atoms. The number of hydrogen-bond donors (Lipinski definition) is 1. The summed E-state index contributed by atoms with van der Waals surface area (Å²) in [4.78, 5) is 41.6. The minimum absolute atomic E-state index is 0.153. The van der Waals surface area contributed by atoms with Crippen molar-refractivity contribution in [1.82, 2.24) is 9.80 Å². The van der Waals surface area contributed by atoms with Crippen molar-refractivity contribution in [2.45, 2.75) is 56.9 Å². The molecule has 0 unspecified atom stereocenters. The Bertz CT molecular complexity index is 1100. The molecule has 10 heteroatoms. The monoisotopic (exact) mass is 548 g/mol. The van der Waals surface area contributed by atoms with Crippen LogP contribution < -0.4 is 0 Å². The van der Waals surface area contributed by atoms with Gasteiger partial charge in [-0.05, 0) is 41.8 Å². The number of hydrogen-bond acceptors (Lipinski definition) is 5. The van der Waals surface area contributed by atoms with Gasteiger partial charge in [0.05, 0.1) is 6.04 Å². The van der Waals surface area contributed by atoms with E-state index in [0.29, 0.717) is 48.8 Å². The molecule has 2 aromatic carbocycles. The van der Waals surface area contributed by atoms with Crippen LogP contribution >= 0.6 is 23.2 Å². The Labute approximate surface area is 226 Å². The molecule has 198 valence electrons. The summed E-state index contributed by atoms with van der Waals surface area (Å²) in [6, 6.07) is 13.3. The zero-order valence-corrected chi connectivity index (χ0v) is 22.0. The van der Waals surface area contributed by atoms with Gasteiger partial charge in [-0.2, -0.15) is 0 Å². The Balaban J connectivity index is 1.67. The van der Waals surface area contributed by atoms with Gasteiger partial charge in [-0.3, -0.25) is 9.59 Å². The Morgan fingerprint density at radius 3 is 2.14 bits per heavy atom. The van der Waals surface area contributed by atoms with Gasteiger partial charge in [-0.25, -0.2) is 4.79 Å². The van der Waals surface area contributed by atoms with E-state index < -0.39 is 30.4 Å². The fraction of sp³-hybridized carbons (Fsp3) is 0.444. The summed E-state index contributed by atoms with van der Waals surface area (Å²) in [6.07, 6.45) is -0.257. The van der Waals surface area contributed by atoms with Crippen LogP contribution in [0.4, 0.5) is 4.79 Å². The summed E-state index contributed by atoms with van der Waals surface area (Å²) in [7, 11) is 0. The zero-order chi connectivity index (χ0) is 26.5. The van der Waals surface area contributed by atoms with E-state index in [1.165, 1.54) is 0 Å². The molecule has 0 aromatic heterocycles. The quantitative estimate of drug-likeness (QED) is 0.459. The number of ether oxygens (including phenoxy) is 2. The highest BCUT2D eigenvalue weighted by molar-refractivity contribution is 6.30. The summed E-state index contributed by atoms with van der Waals surface area (Å²) in [5.41, 5.74) is 1.65. The van der Waals surface area contributed by atoms with Crippen LogP contribution in [-0.2, 0) is 19.1 Å². The summed E-state index contributed by atoms with van der Waals surface area (Å²) in [6.45, 7) is 2.55. The van der Waals surface area contributed by atoms with Crippen molar-refractivity contribution >= 4 is 41.2 Å². The van der Waals surface area contributed by atoms with E-state index in [9.17, 15) is 14.4 Å². The van der Waals surface area contributed by atoms with Crippen molar-refractivity contribution in [2.24, 2.45) is 0 Å². The van der Waals surface area contributed by atoms with E-state index >= 15 is 0 Å². The molecule has 0 bridgehead atoms. The predicted octanol–water partition coefficient (Wildman–Crippen LogP) is 5.49. The first kappa shape index (κ1) is 27.2. The standard InChI is InChI=1S/C27H30Cl2N2O6/c1-2-3-22(26(33)30-14-12-21(13-15-30)37-27(34)35)31-23(32)16-36-25(18-6-10-20(29)11-7-18)24(31)17-4-8-19(28)9-5-17/h4-11,21-22,24-25H,2-3,12-16H2,1H3,(H,34,35)/t22-,24-,25+/m0/s1. The molecule has 2 fully saturated rings. The second-order valence-electron chi connectivity index (χ2n) is 9.29. The molecule has 2 saturated heterocycles. The number of nitrogens with zero attached hydrogens (tertiary/aromatic N) is 2. The van der Waals surface area contributed by atoms with Crippen LogP contribution in [0, 0.1) is 0 Å². The van der Waals surface area contributed by atoms with E-state index in [1.54, 1.807) is 34.1 Å². The molecule has 0 saturated carbocycles. The topological polar surface area (TPSA) is 96.4 Å². The minimum Gasteiger partial charge on any atom is -0.450 e. The molecular weight excluding hydrogens is 519 g/mol. The molecule has 2 aromatic rings. The lowest BCUT2D eigenvalue weighted by Crippen LogP contribution is -2.57. The maximum absolute atomic E-state index is 13.9. The van der Waals surface area contributed by atoms with Crippen molar-refractivity contribution in [3.8, 4) is 0 Å². The van der Waals surface area contributed by atoms with Crippen molar-refractivity contribution in [2.75, 3.05) is 19.7 Å². The largest absolute Gasteiger partial charge is 0.506 e. The average Bonchev–Trinajstić information content (AvgIpc) is 2.88. The number of amides is 2. The number of rotatable bonds is 7. The van der Waals surface area contributed by atoms with Gasteiger partial charge in [-0.1, -0.05) is 60.8 Å². The van der Waals surface area contributed by atoms with Crippen LogP contribution in [0.5, 0.6) is 0 Å². The number of morpholine rings is 1. The van der Waals surface area contributed by atoms with Crippen LogP contribution in [0.15, 0.2) is 48.5 Å². The second kappa shape index (κ2) is 12.2. The second-order valence-corrected chi connectivity index (χ2v) is 10.2. The SMILES string of the molecule is CCC[C@@H](C(=O)N1CCC(OC(=O)O)CC1)N1C(=O)CO[C@H](c2ccc(Cl)cc2)[C@@H]1c1ccc(Cl)cc1. The maximum atomic E-state index is 13.9. The highest BCUT2D eigenvalue weighted by atomic mass is 35.5. The first-order valence-electron chi connectivity index (χ1n) is 12.4. The summed E-state index contributed by atoms with van der Waals surface area (Å²) >= 11 is 12.3. The van der Waals surface area contributed by atoms with Gasteiger partial charge in [0.15, 0.2) is 0 Å². The van der Waals surface area contributed by atoms with Crippen LogP contribution in [0.3, 0.4) is 0 Å². The average molecular weight is 549 g/mol. The first-order valence-corrected chi connectivity index (χ1v) is 13.2. The number of benzene rings is 2. The fourth-order valence-corrected chi connectivity index (χ4v) is 5.38. The number of carboxylic acid groups (broad SMARTS) is 1. The highest BCUT2D eigenvalue weighted by Crippen LogP contribution is 2.42. The number of halogens is 2. The number of carbonyl (C=O) groups is 3. The Kier molecular flexibility index (Phi) is 8.95. The molecule has 3 atom stereocenters. The molecule has 2 aliphatic rings. The van der Waals surface area contributed by atoms with E-state index in [-0.39, 0.29) is 18.4 Å². The summed E-state index contributed by atoms with van der Waals surface area (Å²) in [5.74, 6) is -0.416. The number of likely N-dealkylation sites (tertiary alicyclic amines) is 1. The van der Waals surface area contributed by atoms with Crippen molar-refractivity contribution in [3.63, 3.8) is 0 Å². The highest BCUT2D eigenvalue weighted by Gasteiger charge is 2.45. The van der Waals surface area contributed by atoms with Crippen LogP contribution in [-0.4, -0.2) is 64.7 Å². The summed E-state index contributed by atoms with van der Waals surface area (Å²) < 4.78 is 11.0. The molecule has 2 aliphatic heterocycles. The lowest BCUT2D eigenvalue weighted by atomic mass is 9.90. The molecule has 8 nitrogen and oxygen atoms in total. The van der Waals surface area contributed by atoms with E-state index in [2.05, 4.69) is 0 Å². The predicted molar refractivity (Wildman–Crippen MR) is 139 cm³/mol. The maximum Gasteiger partial charge on any atom is 0.506 e. The molecule has 2 heterocycles. The van der Waals surface area contributed by atoms with Gasteiger partial charge in [-0.15, -0.1) is 0 Å². The van der Waals surface area contributed by atoms with Crippen LogP contribution in [0.1, 0.15) is 55.9 Å². The molecule has 0 aliphatic carbocycles. The third kappa shape index (κ3) is 6.37. The lowest BCUT2D eigenvalue weighted by Gasteiger charge is -2.46. The van der Waals surface area contributed by atoms with Crippen LogP contribution in [0.2, 0.25) is 10.0 Å². The number of carbonyl (C=O) groups excluding carboxylic acids is 2. The zero-order valence-electron chi connectivity index (χ0n) is 20.5. The molecule has 2 amide bonds. The Morgan fingerprint density at radius 2 is 1.59 bits per heavy atom. The van der Waals surface area contributed by atoms with Gasteiger partial charge in [0.2, 0.25) is 11.8 Å². The van der Waals surface area contributed by atoms with Gasteiger partial charge in [0.1, 0.15) is 24.9 Å². The molecule has 4 rings (SSSR count). The Hall–Kier alpha value is -2.81. The molecule has 0 spiro atoms. The van der Waals surface area contributed by atoms with Gasteiger partial charge < -0.3 is 24.4 Å². The fourth-order valence-electron chi connectivity index (χ4n) is 5.12. The Morgan fingerprint density at radius 1 is 1.03 bits per heavy atom. The van der Waals surface area contributed by atoms with Crippen molar-refractivity contribution in [1.29, 1.82) is 0 Å². The van der Waals surface area contributed by atoms with Gasteiger partial charge in [0.25, 0.3) is 0 Å².